The molecule has 1 unspecified atom stereocenters. The maximum atomic E-state index is 13.2. The minimum atomic E-state index is -1.28. The van der Waals surface area contributed by atoms with Gasteiger partial charge in [-0.15, -0.1) is 0 Å². The summed E-state index contributed by atoms with van der Waals surface area (Å²) in [6.07, 6.45) is 3.68. The van der Waals surface area contributed by atoms with Gasteiger partial charge in [-0.05, 0) is 95.3 Å². The molecule has 0 bridgehead atoms. The molecular weight excluding hydrogens is 522 g/mol. The van der Waals surface area contributed by atoms with E-state index in [1.54, 1.807) is 0 Å². The van der Waals surface area contributed by atoms with Gasteiger partial charge in [-0.2, -0.15) is 0 Å². The van der Waals surface area contributed by atoms with Crippen molar-refractivity contribution in [3.05, 3.63) is 22.3 Å². The molecule has 230 valence electrons. The molecule has 0 saturated heterocycles. The maximum absolute atomic E-state index is 13.2. The number of ether oxygens (including phenoxy) is 1. The third-order valence-corrected chi connectivity index (χ3v) is 12.7. The van der Waals surface area contributed by atoms with Gasteiger partial charge in [0, 0.05) is 41.0 Å². The van der Waals surface area contributed by atoms with E-state index in [9.17, 15) is 24.9 Å². The average molecular weight is 574 g/mol. The van der Waals surface area contributed by atoms with Crippen LogP contribution in [0.3, 0.4) is 0 Å². The minimum absolute atomic E-state index is 0.00329. The minimum Gasteiger partial charge on any atom is -0.478 e. The molecule has 5 saturated carbocycles. The summed E-state index contributed by atoms with van der Waals surface area (Å²) in [5, 5.41) is 33.4. The summed E-state index contributed by atoms with van der Waals surface area (Å²) >= 11 is 0. The van der Waals surface area contributed by atoms with Gasteiger partial charge in [0.15, 0.2) is 0 Å². The Hall–Kier alpha value is -1.78. The van der Waals surface area contributed by atoms with E-state index < -0.39 is 58.2 Å². The van der Waals surface area contributed by atoms with E-state index in [1.807, 2.05) is 6.92 Å². The van der Waals surface area contributed by atoms with Crippen LogP contribution in [0.25, 0.3) is 0 Å². The molecule has 5 aliphatic rings. The number of carbonyl (C=O) groups is 2. The Morgan fingerprint density at radius 2 is 1.66 bits per heavy atom. The van der Waals surface area contributed by atoms with Gasteiger partial charge >= 0.3 is 11.9 Å². The fourth-order valence-electron chi connectivity index (χ4n) is 10.6. The summed E-state index contributed by atoms with van der Waals surface area (Å²) in [5.41, 5.74) is 21.2. The van der Waals surface area contributed by atoms with Gasteiger partial charge in [-0.25, -0.2) is 4.79 Å². The number of hydrogen-bond acceptors (Lipinski definition) is 8. The number of carbonyl (C=O) groups excluding carboxylic acids is 1. The molecule has 9 nitrogen and oxygen atoms in total. The van der Waals surface area contributed by atoms with Crippen molar-refractivity contribution in [2.75, 3.05) is 0 Å². The van der Waals surface area contributed by atoms with Gasteiger partial charge in [0.2, 0.25) is 0 Å². The van der Waals surface area contributed by atoms with Crippen molar-refractivity contribution < 1.29 is 29.6 Å². The van der Waals surface area contributed by atoms with Gasteiger partial charge in [0.05, 0.1) is 17.7 Å². The van der Waals surface area contributed by atoms with Crippen molar-refractivity contribution in [1.29, 1.82) is 0 Å². The highest BCUT2D eigenvalue weighted by Crippen LogP contribution is 2.70. The molecule has 11 atom stereocenters. The normalized spacial score (nSPS) is 48.9. The van der Waals surface area contributed by atoms with E-state index in [0.29, 0.717) is 50.5 Å². The lowest BCUT2D eigenvalue weighted by molar-refractivity contribution is -0.198. The molecule has 0 aromatic carbocycles. The van der Waals surface area contributed by atoms with Crippen molar-refractivity contribution in [3.63, 3.8) is 0 Å². The fourth-order valence-corrected chi connectivity index (χ4v) is 10.6. The van der Waals surface area contributed by atoms with Crippen molar-refractivity contribution in [2.45, 2.75) is 134 Å². The average Bonchev–Trinajstić information content (AvgIpc) is 3.08. The third-order valence-electron chi connectivity index (χ3n) is 12.7. The molecule has 5 fully saturated rings. The second-order valence-electron chi connectivity index (χ2n) is 14.8. The van der Waals surface area contributed by atoms with E-state index >= 15 is 0 Å². The number of fused-ring (bicyclic) bond motifs is 5. The highest BCUT2D eigenvalue weighted by atomic mass is 16.5. The number of allylic oxidation sites excluding steroid dienone is 2. The molecule has 0 heterocycles. The van der Waals surface area contributed by atoms with E-state index in [1.165, 1.54) is 18.1 Å². The Kier molecular flexibility index (Phi) is 7.59. The smallest absolute Gasteiger partial charge is 0.332 e. The summed E-state index contributed by atoms with van der Waals surface area (Å²) in [4.78, 5) is 25.6. The number of carboxylic acids is 1. The van der Waals surface area contributed by atoms with Crippen molar-refractivity contribution in [2.24, 2.45) is 45.8 Å². The summed E-state index contributed by atoms with van der Waals surface area (Å²) in [6, 6.07) is -0.398. The van der Waals surface area contributed by atoms with Crippen LogP contribution in [-0.4, -0.2) is 62.7 Å². The lowest BCUT2D eigenvalue weighted by Crippen LogP contribution is -2.80. The fraction of sp³-hybridized carbons (Fsp3) is 0.812. The number of esters is 1. The van der Waals surface area contributed by atoms with Crippen LogP contribution in [0.15, 0.2) is 22.3 Å². The topological polar surface area (TPSA) is 182 Å². The number of aliphatic hydroxyl groups excluding tert-OH is 2. The Balaban J connectivity index is 1.68. The maximum Gasteiger partial charge on any atom is 0.332 e. The highest BCUT2D eigenvalue weighted by Gasteiger charge is 2.76. The number of hydrogen-bond donors (Lipinski definition) is 6. The Morgan fingerprint density at radius 1 is 0.976 bits per heavy atom. The summed E-state index contributed by atoms with van der Waals surface area (Å²) in [6.45, 7) is 9.63. The number of rotatable bonds is 3. The van der Waals surface area contributed by atoms with Crippen molar-refractivity contribution >= 4 is 11.9 Å². The number of nitrogens with two attached hydrogens (primary N) is 3. The Labute approximate surface area is 243 Å². The summed E-state index contributed by atoms with van der Waals surface area (Å²) < 4.78 is 5.92. The first-order chi connectivity index (χ1) is 19.0. The van der Waals surface area contributed by atoms with E-state index in [-0.39, 0.29) is 29.7 Å². The van der Waals surface area contributed by atoms with Crippen LogP contribution in [0.2, 0.25) is 0 Å². The zero-order valence-electron chi connectivity index (χ0n) is 25.4. The van der Waals surface area contributed by atoms with Gasteiger partial charge in [-0.3, -0.25) is 4.79 Å². The standard InChI is InChI=1S/C32H51N3O6/c1-16(2)18-7-6-8-19(13-18)24(28(39)40)25-23(41-17(3)36)15-30(5)31(34)12-9-20-26(33)21(37)10-11-29(20,4)27(31)22(38)14-32(25,30)35/h19-23,26-27,37-38H,6-15,33-35H2,1-5H3,(H,39,40)/b25-24+/t19?,20-,21+,22+,23-,26-,27-,29-,30+,31+,32+/m0/s1. The van der Waals surface area contributed by atoms with Gasteiger partial charge in [0.25, 0.3) is 0 Å². The van der Waals surface area contributed by atoms with Crippen molar-refractivity contribution in [1.82, 2.24) is 0 Å². The van der Waals surface area contributed by atoms with Gasteiger partial charge in [0.1, 0.15) is 6.10 Å². The quantitative estimate of drug-likeness (QED) is 0.168. The molecule has 0 aliphatic heterocycles. The van der Waals surface area contributed by atoms with Crippen LogP contribution in [0.1, 0.15) is 98.8 Å². The molecule has 0 aromatic rings. The predicted octanol–water partition coefficient (Wildman–Crippen LogP) is 2.91. The molecule has 41 heavy (non-hydrogen) atoms. The zero-order chi connectivity index (χ0) is 30.3. The lowest BCUT2D eigenvalue weighted by atomic mass is 9.38. The first-order valence-electron chi connectivity index (χ1n) is 15.5. The molecule has 5 aliphatic carbocycles. The largest absolute Gasteiger partial charge is 0.478 e. The molecule has 9 N–H and O–H groups in total. The molecule has 0 aromatic heterocycles. The number of aliphatic carboxylic acids is 1. The second kappa shape index (κ2) is 10.2. The second-order valence-corrected chi connectivity index (χ2v) is 14.8. The summed E-state index contributed by atoms with van der Waals surface area (Å²) in [5.74, 6) is -2.17. The Morgan fingerprint density at radius 3 is 2.27 bits per heavy atom. The third kappa shape index (κ3) is 4.28. The zero-order valence-corrected chi connectivity index (χ0v) is 25.4. The summed E-state index contributed by atoms with van der Waals surface area (Å²) in [7, 11) is 0. The Bertz CT molecular complexity index is 1180. The number of carboxylic acid groups (broad SMARTS) is 1. The van der Waals surface area contributed by atoms with Crippen LogP contribution < -0.4 is 17.2 Å². The molecule has 0 radical (unpaired) electrons. The van der Waals surface area contributed by atoms with Crippen molar-refractivity contribution in [3.8, 4) is 0 Å². The molecular formula is C32H51N3O6. The van der Waals surface area contributed by atoms with Gasteiger partial charge < -0.3 is 37.3 Å². The SMILES string of the molecule is CC(=O)O[C@H]1C[C@@]2(C)[C@@](N)(C[C@@H](O)[C@H]3[C@@]4(C)CC[C@@H](O)[C@@H](N)[C@@H]4CC[C@@]32N)/C1=C(/C(=O)O)C1CCCC(=C(C)C)C1. The van der Waals surface area contributed by atoms with Crippen LogP contribution in [-0.2, 0) is 14.3 Å². The first kappa shape index (κ1) is 30.7. The molecule has 0 amide bonds. The van der Waals surface area contributed by atoms with Crippen LogP contribution in [0.5, 0.6) is 0 Å². The van der Waals surface area contributed by atoms with E-state index in [2.05, 4.69) is 20.8 Å². The molecule has 0 spiro atoms. The van der Waals surface area contributed by atoms with Crippen LogP contribution in [0, 0.1) is 28.6 Å². The van der Waals surface area contributed by atoms with E-state index in [0.717, 1.165) is 12.8 Å². The van der Waals surface area contributed by atoms with Crippen LogP contribution >= 0.6 is 0 Å². The van der Waals surface area contributed by atoms with Gasteiger partial charge in [-0.1, -0.05) is 25.0 Å². The monoisotopic (exact) mass is 573 g/mol. The molecule has 5 rings (SSSR count). The van der Waals surface area contributed by atoms with Crippen LogP contribution in [0.4, 0.5) is 0 Å². The lowest BCUT2D eigenvalue weighted by Gasteiger charge is -2.70. The first-order valence-corrected chi connectivity index (χ1v) is 15.5. The highest BCUT2D eigenvalue weighted by molar-refractivity contribution is 5.89. The molecule has 9 heteroatoms. The predicted molar refractivity (Wildman–Crippen MR) is 155 cm³/mol. The number of aliphatic hydroxyl groups is 2. The van der Waals surface area contributed by atoms with E-state index in [4.69, 9.17) is 21.9 Å².